The zero-order valence-corrected chi connectivity index (χ0v) is 18.9. The molecule has 0 saturated carbocycles. The predicted octanol–water partition coefficient (Wildman–Crippen LogP) is 4.66. The van der Waals surface area contributed by atoms with Gasteiger partial charge in [-0.2, -0.15) is 8.78 Å². The fraction of sp³-hybridized carbons (Fsp3) is 0.444. The summed E-state index contributed by atoms with van der Waals surface area (Å²) < 4.78 is 29.7. The Morgan fingerprint density at radius 2 is 1.96 bits per heavy atom. The van der Waals surface area contributed by atoms with Crippen LogP contribution < -0.4 is 15.4 Å². The van der Waals surface area contributed by atoms with Gasteiger partial charge in [-0.25, -0.2) is 4.98 Å². The van der Waals surface area contributed by atoms with Gasteiger partial charge in [0.1, 0.15) is 5.75 Å². The minimum absolute atomic E-state index is 0. The number of aliphatic imine (C=N–C) groups is 1. The molecule has 2 aromatic rings. The molecule has 0 radical (unpaired) electrons. The lowest BCUT2D eigenvalue weighted by atomic mass is 10.1. The molecule has 0 spiro atoms. The number of nitrogens with one attached hydrogen (secondary N) is 2. The zero-order chi connectivity index (χ0) is 19.1. The van der Waals surface area contributed by atoms with E-state index in [9.17, 15) is 8.78 Å². The van der Waals surface area contributed by atoms with Crippen LogP contribution in [0.3, 0.4) is 0 Å². The monoisotopic (exact) mass is 510 g/mol. The summed E-state index contributed by atoms with van der Waals surface area (Å²) in [5.74, 6) is 1.13. The zero-order valence-electron chi connectivity index (χ0n) is 15.8. The number of halogens is 3. The number of hydrogen-bond donors (Lipinski definition) is 2. The van der Waals surface area contributed by atoms with Crippen molar-refractivity contribution in [3.8, 4) is 5.75 Å². The van der Waals surface area contributed by atoms with Crippen molar-refractivity contribution in [2.75, 3.05) is 7.05 Å². The van der Waals surface area contributed by atoms with Crippen LogP contribution >= 0.6 is 35.3 Å². The second-order valence-electron chi connectivity index (χ2n) is 6.10. The molecule has 0 fully saturated rings. The van der Waals surface area contributed by atoms with E-state index in [0.29, 0.717) is 30.5 Å². The molecule has 0 saturated heterocycles. The highest BCUT2D eigenvalue weighted by Crippen LogP contribution is 2.22. The van der Waals surface area contributed by atoms with Crippen LogP contribution in [-0.2, 0) is 13.1 Å². The first-order valence-electron chi connectivity index (χ1n) is 8.32. The molecule has 5 nitrogen and oxygen atoms in total. The molecule has 2 N–H and O–H groups in total. The number of benzene rings is 1. The summed E-state index contributed by atoms with van der Waals surface area (Å²) in [6.45, 7) is 4.12. The highest BCUT2D eigenvalue weighted by molar-refractivity contribution is 14.0. The lowest BCUT2D eigenvalue weighted by Gasteiger charge is -2.15. The van der Waals surface area contributed by atoms with Crippen molar-refractivity contribution in [3.05, 3.63) is 45.4 Å². The van der Waals surface area contributed by atoms with Crippen LogP contribution in [0.15, 0.2) is 28.6 Å². The summed E-state index contributed by atoms with van der Waals surface area (Å²) >= 11 is 1.64. The number of ether oxygens (including phenoxy) is 1. The second-order valence-corrected chi connectivity index (χ2v) is 6.99. The SMILES string of the molecule is CN=C(NCc1csc(C(C)C)n1)NCc1cc(C)ccc1OC(F)F.I. The Bertz CT molecular complexity index is 753. The second kappa shape index (κ2) is 11.4. The Balaban J connectivity index is 0.00000364. The summed E-state index contributed by atoms with van der Waals surface area (Å²) in [7, 11) is 1.66. The summed E-state index contributed by atoms with van der Waals surface area (Å²) in [4.78, 5) is 8.72. The summed E-state index contributed by atoms with van der Waals surface area (Å²) in [5, 5.41) is 9.41. The first-order valence-corrected chi connectivity index (χ1v) is 9.20. The average molecular weight is 510 g/mol. The lowest BCUT2D eigenvalue weighted by Crippen LogP contribution is -2.36. The van der Waals surface area contributed by atoms with Crippen LogP contribution in [0.25, 0.3) is 0 Å². The molecule has 150 valence electrons. The minimum Gasteiger partial charge on any atom is -0.434 e. The summed E-state index contributed by atoms with van der Waals surface area (Å²) in [5.41, 5.74) is 2.55. The largest absolute Gasteiger partial charge is 0.434 e. The van der Waals surface area contributed by atoms with Gasteiger partial charge in [0.2, 0.25) is 0 Å². The molecule has 0 aliphatic carbocycles. The molecule has 1 heterocycles. The van der Waals surface area contributed by atoms with E-state index in [1.54, 1.807) is 30.5 Å². The Morgan fingerprint density at radius 3 is 2.56 bits per heavy atom. The molecule has 2 rings (SSSR count). The highest BCUT2D eigenvalue weighted by atomic mass is 127. The van der Waals surface area contributed by atoms with Gasteiger partial charge in [0.05, 0.1) is 17.2 Å². The number of hydrogen-bond acceptors (Lipinski definition) is 4. The molecular formula is C18H25F2IN4OS. The number of alkyl halides is 2. The van der Waals surface area contributed by atoms with Crippen molar-refractivity contribution in [3.63, 3.8) is 0 Å². The van der Waals surface area contributed by atoms with Crippen molar-refractivity contribution in [2.24, 2.45) is 4.99 Å². The van der Waals surface area contributed by atoms with Gasteiger partial charge in [0.15, 0.2) is 5.96 Å². The standard InChI is InChI=1S/C18H24F2N4OS.HI/c1-11(2)16-24-14(10-26-16)9-23-18(21-4)22-8-13-7-12(3)5-6-15(13)25-17(19)20;/h5-7,10-11,17H,8-9H2,1-4H3,(H2,21,22,23);1H. The molecule has 0 amide bonds. The van der Waals surface area contributed by atoms with Gasteiger partial charge in [-0.15, -0.1) is 35.3 Å². The third-order valence-corrected chi connectivity index (χ3v) is 4.80. The van der Waals surface area contributed by atoms with Crippen LogP contribution in [0.2, 0.25) is 0 Å². The molecule has 9 heteroatoms. The maximum Gasteiger partial charge on any atom is 0.387 e. The average Bonchev–Trinajstić information content (AvgIpc) is 3.06. The molecule has 0 unspecified atom stereocenters. The Labute approximate surface area is 179 Å². The number of aryl methyl sites for hydroxylation is 1. The number of thiazole rings is 1. The highest BCUT2D eigenvalue weighted by Gasteiger charge is 2.11. The van der Waals surface area contributed by atoms with E-state index in [4.69, 9.17) is 0 Å². The lowest BCUT2D eigenvalue weighted by molar-refractivity contribution is -0.0504. The van der Waals surface area contributed by atoms with E-state index in [-0.39, 0.29) is 29.7 Å². The third kappa shape index (κ3) is 7.57. The van der Waals surface area contributed by atoms with Gasteiger partial charge in [-0.05, 0) is 13.0 Å². The van der Waals surface area contributed by atoms with Crippen molar-refractivity contribution in [2.45, 2.75) is 46.4 Å². The molecule has 1 aromatic heterocycles. The van der Waals surface area contributed by atoms with Crippen LogP contribution in [0.4, 0.5) is 8.78 Å². The maximum atomic E-state index is 12.5. The normalized spacial score (nSPS) is 11.5. The number of aromatic nitrogens is 1. The number of nitrogens with zero attached hydrogens (tertiary/aromatic N) is 2. The van der Waals surface area contributed by atoms with E-state index in [1.165, 1.54) is 0 Å². The topological polar surface area (TPSA) is 58.5 Å². The van der Waals surface area contributed by atoms with E-state index in [1.807, 2.05) is 18.4 Å². The quantitative estimate of drug-likeness (QED) is 0.323. The van der Waals surface area contributed by atoms with Crippen LogP contribution in [-0.4, -0.2) is 24.6 Å². The molecule has 0 bridgehead atoms. The van der Waals surface area contributed by atoms with E-state index >= 15 is 0 Å². The van der Waals surface area contributed by atoms with Crippen molar-refractivity contribution in [1.29, 1.82) is 0 Å². The Morgan fingerprint density at radius 1 is 1.26 bits per heavy atom. The summed E-state index contributed by atoms with van der Waals surface area (Å²) in [6.07, 6.45) is 0. The molecule has 1 aromatic carbocycles. The van der Waals surface area contributed by atoms with Gasteiger partial charge in [0.25, 0.3) is 0 Å². The number of rotatable bonds is 7. The Kier molecular flexibility index (Phi) is 9.92. The van der Waals surface area contributed by atoms with Gasteiger partial charge in [0, 0.05) is 30.5 Å². The van der Waals surface area contributed by atoms with Crippen molar-refractivity contribution < 1.29 is 13.5 Å². The van der Waals surface area contributed by atoms with Gasteiger partial charge >= 0.3 is 6.61 Å². The van der Waals surface area contributed by atoms with Crippen molar-refractivity contribution >= 4 is 41.3 Å². The molecule has 0 aliphatic heterocycles. The summed E-state index contributed by atoms with van der Waals surface area (Å²) in [6, 6.07) is 5.10. The van der Waals surface area contributed by atoms with Crippen LogP contribution in [0.5, 0.6) is 5.75 Å². The van der Waals surface area contributed by atoms with E-state index in [2.05, 4.69) is 39.2 Å². The van der Waals surface area contributed by atoms with Gasteiger partial charge < -0.3 is 15.4 Å². The smallest absolute Gasteiger partial charge is 0.387 e. The molecule has 27 heavy (non-hydrogen) atoms. The van der Waals surface area contributed by atoms with E-state index < -0.39 is 6.61 Å². The molecule has 0 aliphatic rings. The first kappa shape index (κ1) is 23.5. The fourth-order valence-electron chi connectivity index (χ4n) is 2.30. The molecule has 0 atom stereocenters. The maximum absolute atomic E-state index is 12.5. The fourth-order valence-corrected chi connectivity index (χ4v) is 3.14. The Hall–Kier alpha value is -1.49. The predicted molar refractivity (Wildman–Crippen MR) is 116 cm³/mol. The van der Waals surface area contributed by atoms with Crippen molar-refractivity contribution in [1.82, 2.24) is 15.6 Å². The third-order valence-electron chi connectivity index (χ3n) is 3.60. The minimum atomic E-state index is -2.85. The van der Waals surface area contributed by atoms with Crippen LogP contribution in [0, 0.1) is 6.92 Å². The van der Waals surface area contributed by atoms with Gasteiger partial charge in [-0.1, -0.05) is 31.5 Å². The first-order chi connectivity index (χ1) is 12.4. The molecular weight excluding hydrogens is 485 g/mol. The van der Waals surface area contributed by atoms with E-state index in [0.717, 1.165) is 16.3 Å². The van der Waals surface area contributed by atoms with Crippen LogP contribution in [0.1, 0.15) is 41.6 Å². The number of guanidine groups is 1. The van der Waals surface area contributed by atoms with Gasteiger partial charge in [-0.3, -0.25) is 4.99 Å².